The maximum absolute atomic E-state index is 7.35. The van der Waals surface area contributed by atoms with E-state index in [0.717, 1.165) is 45.1 Å². The third kappa shape index (κ3) is 6.04. The predicted octanol–water partition coefficient (Wildman–Crippen LogP) is 7.94. The predicted molar refractivity (Wildman–Crippen MR) is 282 cm³/mol. The lowest BCUT2D eigenvalue weighted by Gasteiger charge is -2.45. The Morgan fingerprint density at radius 1 is 0.424 bits per heavy atom. The van der Waals surface area contributed by atoms with Gasteiger partial charge in [-0.1, -0.05) is 201 Å². The second-order valence-electron chi connectivity index (χ2n) is 18.7. The van der Waals surface area contributed by atoms with Gasteiger partial charge in [0.1, 0.15) is 23.0 Å². The number of ether oxygens (including phenoxy) is 2. The van der Waals surface area contributed by atoms with Gasteiger partial charge in [-0.3, -0.25) is 0 Å². The summed E-state index contributed by atoms with van der Waals surface area (Å²) in [6.45, 7) is 13.5. The minimum atomic E-state index is -2.80. The SMILES string of the molecule is Cc1cc(C)c(B(c2ccc3c(c2)Oc2cc(N4c5ccccc5[Si](c5ccccc5)(c5ccccc5)c5ccccc54)cc4c2B3c2ccccc2O4)c2c(C)cc(C)cc2C)c(C)c1. The molecule has 0 aromatic heterocycles. The Kier molecular flexibility index (Phi) is 9.41. The molecule has 9 aromatic rings. The molecule has 9 aromatic carbocycles. The first kappa shape index (κ1) is 40.3. The third-order valence-electron chi connectivity index (χ3n) is 14.6. The number of benzene rings is 9. The zero-order valence-electron chi connectivity index (χ0n) is 38.3. The van der Waals surface area contributed by atoms with Crippen molar-refractivity contribution in [3.05, 3.63) is 221 Å². The summed E-state index contributed by atoms with van der Waals surface area (Å²) in [7, 11) is -2.80. The van der Waals surface area contributed by atoms with E-state index in [2.05, 4.69) is 234 Å². The van der Waals surface area contributed by atoms with Gasteiger partial charge in [0.25, 0.3) is 6.71 Å². The summed E-state index contributed by atoms with van der Waals surface area (Å²) in [4.78, 5) is 2.45. The van der Waals surface area contributed by atoms with Crippen LogP contribution in [-0.4, -0.2) is 21.5 Å². The first-order valence-corrected chi connectivity index (χ1v) is 25.2. The van der Waals surface area contributed by atoms with E-state index in [0.29, 0.717) is 0 Å². The molecule has 3 nitrogen and oxygen atoms in total. The lowest BCUT2D eigenvalue weighted by atomic mass is 9.32. The molecule has 12 rings (SSSR count). The zero-order valence-corrected chi connectivity index (χ0v) is 39.3. The fourth-order valence-corrected chi connectivity index (χ4v) is 17.3. The van der Waals surface area contributed by atoms with Crippen molar-refractivity contribution in [1.82, 2.24) is 0 Å². The monoisotopic (exact) mass is 865 g/mol. The number of fused-ring (bicyclic) bond motifs is 6. The van der Waals surface area contributed by atoms with Gasteiger partial charge in [-0.25, -0.2) is 0 Å². The largest absolute Gasteiger partial charge is 0.458 e. The van der Waals surface area contributed by atoms with Gasteiger partial charge in [-0.15, -0.1) is 0 Å². The smallest absolute Gasteiger partial charge is 0.260 e. The van der Waals surface area contributed by atoms with Crippen LogP contribution in [0.25, 0.3) is 0 Å². The zero-order chi connectivity index (χ0) is 44.8. The highest BCUT2D eigenvalue weighted by Gasteiger charge is 2.49. The van der Waals surface area contributed by atoms with Crippen LogP contribution in [0.4, 0.5) is 17.1 Å². The number of hydrogen-bond acceptors (Lipinski definition) is 3. The Hall–Kier alpha value is -7.27. The normalized spacial score (nSPS) is 13.6. The van der Waals surface area contributed by atoms with Crippen LogP contribution in [0.15, 0.2) is 188 Å². The van der Waals surface area contributed by atoms with Crippen molar-refractivity contribution in [3.8, 4) is 23.0 Å². The average molecular weight is 866 g/mol. The summed E-state index contributed by atoms with van der Waals surface area (Å²) in [5.74, 6) is 3.41. The number of aryl methyl sites for hydroxylation is 6. The molecule has 0 N–H and O–H groups in total. The molecule has 3 aliphatic rings. The van der Waals surface area contributed by atoms with Gasteiger partial charge in [0, 0.05) is 29.0 Å². The van der Waals surface area contributed by atoms with E-state index in [4.69, 9.17) is 9.47 Å². The molecule has 3 heterocycles. The fourth-order valence-electron chi connectivity index (χ4n) is 12.2. The molecule has 6 heteroatoms. The second kappa shape index (κ2) is 15.4. The molecule has 0 radical (unpaired) electrons. The highest BCUT2D eigenvalue weighted by Crippen LogP contribution is 2.44. The van der Waals surface area contributed by atoms with Gasteiger partial charge in [-0.2, -0.15) is 0 Å². The Balaban J connectivity index is 1.07. The summed E-state index contributed by atoms with van der Waals surface area (Å²) in [6, 6.07) is 70.0. The Bertz CT molecular complexity index is 3230. The van der Waals surface area contributed by atoms with Crippen molar-refractivity contribution in [2.75, 3.05) is 4.90 Å². The molecule has 66 heavy (non-hydrogen) atoms. The Morgan fingerprint density at radius 3 is 1.42 bits per heavy atom. The molecular weight excluding hydrogens is 816 g/mol. The molecule has 3 aliphatic heterocycles. The van der Waals surface area contributed by atoms with E-state index in [-0.39, 0.29) is 13.4 Å². The van der Waals surface area contributed by atoms with Crippen molar-refractivity contribution in [2.24, 2.45) is 0 Å². The Morgan fingerprint density at radius 2 is 0.879 bits per heavy atom. The molecule has 0 saturated carbocycles. The standard InChI is InChI=1S/C60H49B2NO2Si/c1-38-31-40(3)58(41(4)32-38)61(59-42(5)33-39(2)34-43(59)6)44-29-30-49-53(35-44)65-55-37-45(36-54-60(55)62(49)48-23-13-16-26-52(48)64-54)63-50-24-14-17-27-56(50)66(46-19-9-7-10-20-46,47-21-11-8-12-22-47)57-28-18-15-25-51(57)63/h7-37H,1-6H3. The number of nitrogens with zero attached hydrogens (tertiary/aromatic N) is 1. The number of rotatable bonds is 6. The van der Waals surface area contributed by atoms with Crippen molar-refractivity contribution >= 4 is 92.1 Å². The van der Waals surface area contributed by atoms with Gasteiger partial charge in [0.15, 0.2) is 8.07 Å². The molecule has 0 unspecified atom stereocenters. The van der Waals surface area contributed by atoms with Gasteiger partial charge < -0.3 is 14.4 Å². The van der Waals surface area contributed by atoms with Crippen molar-refractivity contribution in [1.29, 1.82) is 0 Å². The van der Waals surface area contributed by atoms with Crippen LogP contribution in [0, 0.1) is 41.5 Å². The van der Waals surface area contributed by atoms with Crippen LogP contribution in [0.1, 0.15) is 33.4 Å². The van der Waals surface area contributed by atoms with Gasteiger partial charge >= 0.3 is 0 Å². The average Bonchev–Trinajstić information content (AvgIpc) is 3.32. The summed E-state index contributed by atoms with van der Waals surface area (Å²) in [6.07, 6.45) is 0. The maximum Gasteiger partial charge on any atom is 0.260 e. The molecular formula is C60H49B2NO2Si. The quantitative estimate of drug-likeness (QED) is 0.159. The van der Waals surface area contributed by atoms with Gasteiger partial charge in [0.2, 0.25) is 6.71 Å². The van der Waals surface area contributed by atoms with E-state index < -0.39 is 8.07 Å². The van der Waals surface area contributed by atoms with Crippen LogP contribution in [0.5, 0.6) is 23.0 Å². The van der Waals surface area contributed by atoms with E-state index in [1.54, 1.807) is 0 Å². The van der Waals surface area contributed by atoms with Gasteiger partial charge in [0.05, 0.1) is 5.69 Å². The van der Waals surface area contributed by atoms with Crippen LogP contribution in [-0.2, 0) is 0 Å². The first-order valence-electron chi connectivity index (χ1n) is 23.2. The maximum atomic E-state index is 7.35. The fraction of sp³-hybridized carbons (Fsp3) is 0.100. The van der Waals surface area contributed by atoms with E-state index in [1.165, 1.54) is 81.9 Å². The molecule has 0 atom stereocenters. The molecule has 0 spiro atoms. The van der Waals surface area contributed by atoms with Crippen LogP contribution in [0.3, 0.4) is 0 Å². The van der Waals surface area contributed by atoms with Crippen molar-refractivity contribution in [2.45, 2.75) is 41.5 Å². The molecule has 0 fully saturated rings. The number of anilines is 3. The highest BCUT2D eigenvalue weighted by molar-refractivity contribution is 7.21. The van der Waals surface area contributed by atoms with Crippen LogP contribution >= 0.6 is 0 Å². The summed E-state index contributed by atoms with van der Waals surface area (Å²) in [5.41, 5.74) is 18.5. The third-order valence-corrected chi connectivity index (χ3v) is 19.4. The topological polar surface area (TPSA) is 21.7 Å². The summed E-state index contributed by atoms with van der Waals surface area (Å²) in [5, 5.41) is 5.42. The van der Waals surface area contributed by atoms with Crippen LogP contribution in [0.2, 0.25) is 0 Å². The van der Waals surface area contributed by atoms with E-state index in [1.807, 2.05) is 0 Å². The van der Waals surface area contributed by atoms with Crippen molar-refractivity contribution < 1.29 is 9.47 Å². The summed E-state index contributed by atoms with van der Waals surface area (Å²) >= 11 is 0. The first-order chi connectivity index (χ1) is 32.2. The minimum absolute atomic E-state index is 0.0189. The van der Waals surface area contributed by atoms with E-state index >= 15 is 0 Å². The van der Waals surface area contributed by atoms with Gasteiger partial charge in [-0.05, 0) is 97.5 Å². The lowest BCUT2D eigenvalue weighted by molar-refractivity contribution is 0.465. The van der Waals surface area contributed by atoms with Crippen LogP contribution < -0.4 is 67.9 Å². The van der Waals surface area contributed by atoms with E-state index in [9.17, 15) is 0 Å². The number of hydrogen-bond donors (Lipinski definition) is 0. The molecule has 0 aliphatic carbocycles. The second-order valence-corrected chi connectivity index (χ2v) is 22.5. The lowest BCUT2D eigenvalue weighted by Crippen LogP contribution is -2.77. The molecule has 0 saturated heterocycles. The minimum Gasteiger partial charge on any atom is -0.458 e. The van der Waals surface area contributed by atoms with Crippen molar-refractivity contribution in [3.63, 3.8) is 0 Å². The molecule has 316 valence electrons. The molecule has 0 bridgehead atoms. The molecule has 0 amide bonds. The Labute approximate surface area is 390 Å². The summed E-state index contributed by atoms with van der Waals surface area (Å²) < 4.78 is 14.3. The number of para-hydroxylation sites is 3. The highest BCUT2D eigenvalue weighted by atomic mass is 28.3.